The molecule has 2 aromatic rings. The van der Waals surface area contributed by atoms with Gasteiger partial charge in [-0.25, -0.2) is 24.0 Å². The summed E-state index contributed by atoms with van der Waals surface area (Å²) in [7, 11) is 0. The summed E-state index contributed by atoms with van der Waals surface area (Å²) in [6.07, 6.45) is -2.63. The first-order valence-electron chi connectivity index (χ1n) is 21.8. The van der Waals surface area contributed by atoms with E-state index >= 15 is 0 Å². The van der Waals surface area contributed by atoms with Crippen molar-refractivity contribution in [2.24, 2.45) is 5.92 Å². The van der Waals surface area contributed by atoms with Gasteiger partial charge in [0.05, 0.1) is 39.3 Å². The van der Waals surface area contributed by atoms with Crippen molar-refractivity contribution in [2.45, 2.75) is 62.5 Å². The van der Waals surface area contributed by atoms with Gasteiger partial charge < -0.3 is 81.2 Å². The Bertz CT molecular complexity index is 2170. The monoisotopic (exact) mass is 920 g/mol. The Labute approximate surface area is 377 Å². The summed E-state index contributed by atoms with van der Waals surface area (Å²) in [5.41, 5.74) is 5.20. The number of hydrogen-bond acceptors (Lipinski definition) is 22. The second kappa shape index (κ2) is 18.7. The van der Waals surface area contributed by atoms with Crippen LogP contribution in [-0.4, -0.2) is 164 Å². The van der Waals surface area contributed by atoms with Crippen molar-refractivity contribution in [3.63, 3.8) is 0 Å². The molecule has 0 N–H and O–H groups in total. The van der Waals surface area contributed by atoms with Crippen LogP contribution in [0.1, 0.15) is 13.3 Å². The first-order chi connectivity index (χ1) is 32.0. The SMILES string of the molecule is CC1CC(N(c2ccc(N(CC3COC(=O)O3)CC3COC(=O)O3)cc2)c2ccc(N(CC3COC(=O)O3)CC3COC4OC4O3)cc2)=CC=C1N(CC1COC(=O)O1)CC1COC(=O)O1. The van der Waals surface area contributed by atoms with Gasteiger partial charge in [-0.15, -0.1) is 0 Å². The summed E-state index contributed by atoms with van der Waals surface area (Å²) >= 11 is 0. The summed E-state index contributed by atoms with van der Waals surface area (Å²) in [5.74, 6) is -0.0649. The van der Waals surface area contributed by atoms with Crippen LogP contribution in [0.5, 0.6) is 0 Å². The minimum Gasteiger partial charge on any atom is -0.430 e. The molecular formula is C44H48N4O18. The molecule has 0 spiro atoms. The van der Waals surface area contributed by atoms with Gasteiger partial charge in [-0.3, -0.25) is 0 Å². The molecule has 0 amide bonds. The van der Waals surface area contributed by atoms with E-state index in [4.69, 9.17) is 61.6 Å². The van der Waals surface area contributed by atoms with Gasteiger partial charge in [0.2, 0.25) is 12.6 Å². The van der Waals surface area contributed by atoms with Crippen molar-refractivity contribution in [2.75, 3.05) is 93.6 Å². The summed E-state index contributed by atoms with van der Waals surface area (Å²) in [4.78, 5) is 67.5. The van der Waals surface area contributed by atoms with E-state index in [1.807, 2.05) is 65.6 Å². The number of ether oxygens (including phenoxy) is 13. The fourth-order valence-corrected chi connectivity index (χ4v) is 8.95. The number of benzene rings is 2. The van der Waals surface area contributed by atoms with Crippen molar-refractivity contribution < 1.29 is 85.6 Å². The molecule has 0 aromatic heterocycles. The maximum atomic E-state index is 11.9. The van der Waals surface area contributed by atoms with Gasteiger partial charge in [-0.05, 0) is 67.1 Å². The average Bonchev–Trinajstić information content (AvgIpc) is 3.86. The van der Waals surface area contributed by atoms with Crippen LogP contribution < -0.4 is 14.7 Å². The van der Waals surface area contributed by atoms with Gasteiger partial charge in [0.1, 0.15) is 39.1 Å². The molecule has 7 heterocycles. The molecule has 10 rings (SSSR count). The normalized spacial score (nSPS) is 29.5. The second-order valence-electron chi connectivity index (χ2n) is 16.9. The molecular weight excluding hydrogens is 872 g/mol. The molecule has 0 radical (unpaired) electrons. The number of allylic oxidation sites excluding steroid dienone is 4. The highest BCUT2D eigenvalue weighted by Gasteiger charge is 2.48. The maximum Gasteiger partial charge on any atom is 0.508 e. The molecule has 22 heteroatoms. The van der Waals surface area contributed by atoms with Gasteiger partial charge >= 0.3 is 30.8 Å². The topological polar surface area (TPSA) is 222 Å². The van der Waals surface area contributed by atoms with E-state index in [0.29, 0.717) is 39.2 Å². The number of carbonyl (C=O) groups excluding carboxylic acids is 5. The smallest absolute Gasteiger partial charge is 0.430 e. The molecule has 2 aromatic carbocycles. The van der Waals surface area contributed by atoms with Crippen molar-refractivity contribution in [3.05, 3.63) is 72.1 Å². The first kappa shape index (κ1) is 43.3. The van der Waals surface area contributed by atoms with Crippen molar-refractivity contribution in [1.82, 2.24) is 4.90 Å². The van der Waals surface area contributed by atoms with E-state index in [1.165, 1.54) is 0 Å². The number of fused-ring (bicyclic) bond motifs is 1. The zero-order valence-electron chi connectivity index (χ0n) is 35.8. The summed E-state index contributed by atoms with van der Waals surface area (Å²) in [6, 6.07) is 15.9. The quantitative estimate of drug-likeness (QED) is 0.115. The molecule has 66 heavy (non-hydrogen) atoms. The molecule has 0 bridgehead atoms. The minimum absolute atomic E-state index is 0.0649. The van der Waals surface area contributed by atoms with Crippen LogP contribution in [0.3, 0.4) is 0 Å². The molecule has 22 nitrogen and oxygen atoms in total. The van der Waals surface area contributed by atoms with E-state index < -0.39 is 67.6 Å². The number of nitrogens with zero attached hydrogens (tertiary/aromatic N) is 4. The Kier molecular flexibility index (Phi) is 12.2. The van der Waals surface area contributed by atoms with Gasteiger partial charge in [-0.2, -0.15) is 0 Å². The van der Waals surface area contributed by atoms with Crippen LogP contribution in [0, 0.1) is 5.92 Å². The first-order valence-corrected chi connectivity index (χ1v) is 21.8. The third kappa shape index (κ3) is 10.1. The second-order valence-corrected chi connectivity index (χ2v) is 16.9. The third-order valence-electron chi connectivity index (χ3n) is 12.0. The minimum atomic E-state index is -0.740. The van der Waals surface area contributed by atoms with E-state index in [0.717, 1.165) is 34.1 Å². The zero-order chi connectivity index (χ0) is 45.3. The predicted octanol–water partition coefficient (Wildman–Crippen LogP) is 4.32. The molecule has 1 aliphatic carbocycles. The molecule has 7 saturated heterocycles. The van der Waals surface area contributed by atoms with E-state index in [-0.39, 0.29) is 64.4 Å². The van der Waals surface area contributed by atoms with E-state index in [1.54, 1.807) is 0 Å². The largest absolute Gasteiger partial charge is 0.508 e. The summed E-state index contributed by atoms with van der Waals surface area (Å²) in [6.45, 7) is 4.93. The number of epoxide rings is 1. The molecule has 7 aliphatic heterocycles. The molecule has 0 saturated carbocycles. The highest BCUT2D eigenvalue weighted by atomic mass is 16.9. The van der Waals surface area contributed by atoms with Crippen molar-refractivity contribution in [1.29, 1.82) is 0 Å². The van der Waals surface area contributed by atoms with Crippen LogP contribution in [0.15, 0.2) is 72.1 Å². The molecule has 9 atom stereocenters. The Morgan fingerprint density at radius 2 is 0.818 bits per heavy atom. The fourth-order valence-electron chi connectivity index (χ4n) is 8.95. The van der Waals surface area contributed by atoms with Crippen LogP contribution in [0.4, 0.5) is 46.7 Å². The number of carbonyl (C=O) groups is 5. The molecule has 7 fully saturated rings. The van der Waals surface area contributed by atoms with Crippen molar-refractivity contribution >= 4 is 53.5 Å². The summed E-state index contributed by atoms with van der Waals surface area (Å²) in [5, 5.41) is 0. The van der Waals surface area contributed by atoms with E-state index in [2.05, 4.69) is 21.6 Å². The van der Waals surface area contributed by atoms with Crippen LogP contribution in [0.25, 0.3) is 0 Å². The van der Waals surface area contributed by atoms with Gasteiger partial charge in [-0.1, -0.05) is 6.92 Å². The van der Waals surface area contributed by atoms with Crippen LogP contribution in [0.2, 0.25) is 0 Å². The Hall–Kier alpha value is -6.65. The lowest BCUT2D eigenvalue weighted by atomic mass is 9.93. The highest BCUT2D eigenvalue weighted by molar-refractivity contribution is 5.73. The Balaban J connectivity index is 0.957. The lowest BCUT2D eigenvalue weighted by molar-refractivity contribution is -0.0886. The fraction of sp³-hybridized carbons (Fsp3) is 0.523. The standard InChI is InChI=1S/C44H48N4O18/c1-25-12-30(10-11-37(25)47(17-35-23-58-43(52)64-35)18-36-24-59-44(53)65-36)48(29-8-4-27(5-9-29)46(15-33-21-56-41(50)62-33)16-34-22-57-42(51)63-34)28-6-2-26(3-7-28)45(14-32-20-55-40(49)61-32)13-31-19-54-38-39(60-31)66-38/h2-11,25,31-36,38-39H,12-24H2,1H3. The predicted molar refractivity (Wildman–Crippen MR) is 222 cm³/mol. The number of rotatable bonds is 18. The van der Waals surface area contributed by atoms with E-state index in [9.17, 15) is 24.0 Å². The summed E-state index contributed by atoms with van der Waals surface area (Å²) < 4.78 is 69.5. The molecule has 9 unspecified atom stereocenters. The number of hydrogen-bond donors (Lipinski definition) is 0. The lowest BCUT2D eigenvalue weighted by Gasteiger charge is -2.38. The van der Waals surface area contributed by atoms with Gasteiger partial charge in [0.15, 0.2) is 30.5 Å². The number of cyclic esters (lactones) is 10. The maximum absolute atomic E-state index is 11.9. The van der Waals surface area contributed by atoms with Gasteiger partial charge in [0.25, 0.3) is 0 Å². The number of anilines is 4. The molecule has 352 valence electrons. The lowest BCUT2D eigenvalue weighted by Crippen LogP contribution is -2.43. The van der Waals surface area contributed by atoms with Crippen LogP contribution in [-0.2, 0) is 61.6 Å². The van der Waals surface area contributed by atoms with Crippen molar-refractivity contribution in [3.8, 4) is 0 Å². The Morgan fingerprint density at radius 3 is 1.18 bits per heavy atom. The zero-order valence-corrected chi connectivity index (χ0v) is 35.8. The van der Waals surface area contributed by atoms with Crippen LogP contribution >= 0.6 is 0 Å². The van der Waals surface area contributed by atoms with Gasteiger partial charge in [0, 0.05) is 46.6 Å². The molecule has 8 aliphatic rings. The average molecular weight is 921 g/mol. The highest BCUT2D eigenvalue weighted by Crippen LogP contribution is 2.39. The Morgan fingerprint density at radius 1 is 0.439 bits per heavy atom. The third-order valence-corrected chi connectivity index (χ3v) is 12.0.